The summed E-state index contributed by atoms with van der Waals surface area (Å²) in [4.78, 5) is 21.2. The molecule has 0 bridgehead atoms. The number of amides is 1. The zero-order chi connectivity index (χ0) is 18.8. The Labute approximate surface area is 154 Å². The third-order valence-corrected chi connectivity index (χ3v) is 4.12. The van der Waals surface area contributed by atoms with Crippen LogP contribution in [0.4, 0.5) is 0 Å². The summed E-state index contributed by atoms with van der Waals surface area (Å²) in [6, 6.07) is 6.94. The van der Waals surface area contributed by atoms with E-state index in [2.05, 4.69) is 26.1 Å². The molecule has 2 aromatic rings. The van der Waals surface area contributed by atoms with Crippen LogP contribution in [-0.2, 0) is 4.84 Å². The first-order chi connectivity index (χ1) is 11.6. The van der Waals surface area contributed by atoms with Gasteiger partial charge in [-0.3, -0.25) is 9.78 Å². The first-order valence-corrected chi connectivity index (χ1v) is 8.40. The number of hydrogen-bond acceptors (Lipinski definition) is 5. The van der Waals surface area contributed by atoms with Gasteiger partial charge in [0.2, 0.25) is 0 Å². The number of carbonyl (C=O) groups is 1. The molecule has 0 atom stereocenters. The second-order valence-electron chi connectivity index (χ2n) is 6.53. The minimum absolute atomic E-state index is 0.0281. The van der Waals surface area contributed by atoms with E-state index in [4.69, 9.17) is 10.6 Å². The van der Waals surface area contributed by atoms with E-state index >= 15 is 0 Å². The molecule has 0 saturated heterocycles. The molecule has 0 spiro atoms. The molecule has 2 rings (SSSR count). The molecule has 1 aromatic heterocycles. The Hall–Kier alpha value is -2.41. The van der Waals surface area contributed by atoms with Crippen LogP contribution in [0.5, 0.6) is 5.75 Å². The maximum Gasteiger partial charge on any atom is 0.252 e. The van der Waals surface area contributed by atoms with E-state index in [1.54, 1.807) is 0 Å². The lowest BCUT2D eigenvalue weighted by Gasteiger charge is -2.18. The van der Waals surface area contributed by atoms with Crippen molar-refractivity contribution in [3.8, 4) is 5.75 Å². The van der Waals surface area contributed by atoms with E-state index in [0.717, 1.165) is 10.0 Å². The highest BCUT2D eigenvalue weighted by Crippen LogP contribution is 2.26. The van der Waals surface area contributed by atoms with Crippen LogP contribution in [0.1, 0.15) is 48.0 Å². The Balaban J connectivity index is 2.66. The van der Waals surface area contributed by atoms with Gasteiger partial charge >= 0.3 is 0 Å². The maximum atomic E-state index is 11.5. The molecule has 3 N–H and O–H groups in total. The number of rotatable bonds is 4. The molecule has 0 unspecified atom stereocenters. The third-order valence-electron chi connectivity index (χ3n) is 3.27. The average molecular weight is 406 g/mol. The van der Waals surface area contributed by atoms with E-state index in [1.807, 2.05) is 45.9 Å². The molecule has 7 heteroatoms. The molecule has 0 saturated carbocycles. The SMILES string of the molecule is Cc1ccc(/C(=N/OC(C)(C)C)c2nccc(C(N)=O)c2O)cc1Br. The van der Waals surface area contributed by atoms with Crippen molar-refractivity contribution in [1.82, 2.24) is 4.98 Å². The largest absolute Gasteiger partial charge is 0.505 e. The molecule has 1 heterocycles. The Bertz CT molecular complexity index is 842. The lowest BCUT2D eigenvalue weighted by molar-refractivity contribution is 0.00110. The van der Waals surface area contributed by atoms with Crippen LogP contribution in [0.15, 0.2) is 40.1 Å². The molecule has 0 fully saturated rings. The van der Waals surface area contributed by atoms with Crippen LogP contribution in [0.2, 0.25) is 0 Å². The summed E-state index contributed by atoms with van der Waals surface area (Å²) in [7, 11) is 0. The maximum absolute atomic E-state index is 11.5. The highest BCUT2D eigenvalue weighted by Gasteiger charge is 2.21. The second kappa shape index (κ2) is 7.23. The van der Waals surface area contributed by atoms with Crippen LogP contribution in [0.25, 0.3) is 0 Å². The fourth-order valence-electron chi connectivity index (χ4n) is 1.98. The van der Waals surface area contributed by atoms with Crippen LogP contribution >= 0.6 is 15.9 Å². The zero-order valence-electron chi connectivity index (χ0n) is 14.5. The summed E-state index contributed by atoms with van der Waals surface area (Å²) < 4.78 is 0.874. The van der Waals surface area contributed by atoms with Crippen molar-refractivity contribution in [2.24, 2.45) is 10.9 Å². The first kappa shape index (κ1) is 18.9. The third kappa shape index (κ3) is 4.57. The van der Waals surface area contributed by atoms with Crippen LogP contribution in [0.3, 0.4) is 0 Å². The van der Waals surface area contributed by atoms with Gasteiger partial charge in [0.05, 0.1) is 5.56 Å². The molecular formula is C18H20BrN3O3. The van der Waals surface area contributed by atoms with E-state index < -0.39 is 11.5 Å². The fourth-order valence-corrected chi connectivity index (χ4v) is 2.36. The van der Waals surface area contributed by atoms with Gasteiger partial charge in [-0.25, -0.2) is 0 Å². The van der Waals surface area contributed by atoms with Crippen molar-refractivity contribution in [1.29, 1.82) is 0 Å². The smallest absolute Gasteiger partial charge is 0.252 e. The molecule has 0 aliphatic carbocycles. The number of hydrogen-bond donors (Lipinski definition) is 2. The molecule has 0 aliphatic rings. The predicted octanol–water partition coefficient (Wildman–Crippen LogP) is 3.52. The minimum atomic E-state index is -0.748. The van der Waals surface area contributed by atoms with Crippen LogP contribution < -0.4 is 5.73 Å². The standard InChI is InChI=1S/C18H20BrN3O3/c1-10-5-6-11(9-13(10)19)14(22-25-18(2,3)4)15-16(23)12(17(20)24)7-8-21-15/h5-9,23H,1-4H3,(H2,20,24)/b22-14-. The molecule has 0 aliphatic heterocycles. The van der Waals surface area contributed by atoms with E-state index in [1.165, 1.54) is 12.3 Å². The average Bonchev–Trinajstić information content (AvgIpc) is 2.51. The van der Waals surface area contributed by atoms with Crippen molar-refractivity contribution in [2.45, 2.75) is 33.3 Å². The Morgan fingerprint density at radius 2 is 2.00 bits per heavy atom. The number of benzene rings is 1. The van der Waals surface area contributed by atoms with E-state index in [-0.39, 0.29) is 17.0 Å². The van der Waals surface area contributed by atoms with Gasteiger partial charge in [0.15, 0.2) is 5.75 Å². The molecular weight excluding hydrogens is 386 g/mol. The molecule has 132 valence electrons. The van der Waals surface area contributed by atoms with Crippen molar-refractivity contribution in [3.05, 3.63) is 57.3 Å². The van der Waals surface area contributed by atoms with Gasteiger partial charge in [0.1, 0.15) is 17.0 Å². The summed E-state index contributed by atoms with van der Waals surface area (Å²) >= 11 is 3.48. The van der Waals surface area contributed by atoms with E-state index in [0.29, 0.717) is 11.3 Å². The number of carbonyl (C=O) groups excluding carboxylic acids is 1. The number of nitrogens with zero attached hydrogens (tertiary/aromatic N) is 2. The van der Waals surface area contributed by atoms with Gasteiger partial charge in [0, 0.05) is 16.2 Å². The fraction of sp³-hybridized carbons (Fsp3) is 0.278. The van der Waals surface area contributed by atoms with Crippen LogP contribution in [0, 0.1) is 6.92 Å². The lowest BCUT2D eigenvalue weighted by atomic mass is 10.0. The highest BCUT2D eigenvalue weighted by atomic mass is 79.9. The Morgan fingerprint density at radius 1 is 1.32 bits per heavy atom. The summed E-state index contributed by atoms with van der Waals surface area (Å²) in [6.45, 7) is 7.52. The number of aryl methyl sites for hydroxylation is 1. The minimum Gasteiger partial charge on any atom is -0.505 e. The quantitative estimate of drug-likeness (QED) is 0.600. The monoisotopic (exact) mass is 405 g/mol. The summed E-state index contributed by atoms with van der Waals surface area (Å²) in [6.07, 6.45) is 1.39. The summed E-state index contributed by atoms with van der Waals surface area (Å²) in [5.41, 5.74) is 6.88. The highest BCUT2D eigenvalue weighted by molar-refractivity contribution is 9.10. The van der Waals surface area contributed by atoms with Crippen molar-refractivity contribution in [3.63, 3.8) is 0 Å². The number of aromatic hydroxyl groups is 1. The predicted molar refractivity (Wildman–Crippen MR) is 99.8 cm³/mol. The van der Waals surface area contributed by atoms with E-state index in [9.17, 15) is 9.90 Å². The molecule has 1 aromatic carbocycles. The number of oxime groups is 1. The van der Waals surface area contributed by atoms with Gasteiger partial charge in [-0.1, -0.05) is 33.2 Å². The molecule has 0 radical (unpaired) electrons. The zero-order valence-corrected chi connectivity index (χ0v) is 16.1. The molecule has 1 amide bonds. The van der Waals surface area contributed by atoms with Crippen molar-refractivity contribution >= 4 is 27.5 Å². The normalized spacial score (nSPS) is 12.1. The number of nitrogens with two attached hydrogens (primary N) is 1. The van der Waals surface area contributed by atoms with Crippen molar-refractivity contribution < 1.29 is 14.7 Å². The van der Waals surface area contributed by atoms with Crippen molar-refractivity contribution in [2.75, 3.05) is 0 Å². The summed E-state index contributed by atoms with van der Waals surface area (Å²) in [5.74, 6) is -1.08. The Morgan fingerprint density at radius 3 is 2.56 bits per heavy atom. The number of pyridine rings is 1. The second-order valence-corrected chi connectivity index (χ2v) is 7.38. The summed E-state index contributed by atoms with van der Waals surface area (Å²) in [5, 5.41) is 14.6. The van der Waals surface area contributed by atoms with Gasteiger partial charge < -0.3 is 15.7 Å². The van der Waals surface area contributed by atoms with Gasteiger partial charge in [0.25, 0.3) is 5.91 Å². The number of aromatic nitrogens is 1. The molecule has 6 nitrogen and oxygen atoms in total. The van der Waals surface area contributed by atoms with Gasteiger partial charge in [-0.05, 0) is 45.4 Å². The number of primary amides is 1. The first-order valence-electron chi connectivity index (χ1n) is 7.61. The van der Waals surface area contributed by atoms with Crippen LogP contribution in [-0.4, -0.2) is 27.3 Å². The Kier molecular flexibility index (Phi) is 5.47. The van der Waals surface area contributed by atoms with Gasteiger partial charge in [-0.2, -0.15) is 0 Å². The topological polar surface area (TPSA) is 97.8 Å². The van der Waals surface area contributed by atoms with Gasteiger partial charge in [-0.15, -0.1) is 0 Å². The lowest BCUT2D eigenvalue weighted by Crippen LogP contribution is -2.19. The number of halogens is 1. The molecule has 25 heavy (non-hydrogen) atoms.